The van der Waals surface area contributed by atoms with E-state index < -0.39 is 0 Å². The van der Waals surface area contributed by atoms with E-state index in [-0.39, 0.29) is 12.1 Å². The molecule has 0 fully saturated rings. The van der Waals surface area contributed by atoms with E-state index in [2.05, 4.69) is 59.4 Å². The maximum absolute atomic E-state index is 10.1. The largest absolute Gasteiger partial charge is 0.508 e. The van der Waals surface area contributed by atoms with Crippen molar-refractivity contribution in [3.63, 3.8) is 0 Å². The lowest BCUT2D eigenvalue weighted by molar-refractivity contribution is 0.402. The van der Waals surface area contributed by atoms with Crippen molar-refractivity contribution in [3.05, 3.63) is 64.1 Å². The second-order valence-corrected chi connectivity index (χ2v) is 6.12. The van der Waals surface area contributed by atoms with Gasteiger partial charge in [-0.2, -0.15) is 0 Å². The van der Waals surface area contributed by atoms with Crippen molar-refractivity contribution in [2.45, 2.75) is 38.8 Å². The minimum Gasteiger partial charge on any atom is -0.508 e. The summed E-state index contributed by atoms with van der Waals surface area (Å²) in [7, 11) is 0. The molecule has 0 heterocycles. The van der Waals surface area contributed by atoms with Crippen LogP contribution in [0.2, 0.25) is 0 Å². The van der Waals surface area contributed by atoms with Crippen LogP contribution in [0.15, 0.2) is 53.0 Å². The van der Waals surface area contributed by atoms with Gasteiger partial charge in [-0.1, -0.05) is 60.1 Å². The number of halogens is 1. The SMILES string of the molecule is CCC(NC(CC)c1cc(Br)ccc1O)c1ccccc1. The van der Waals surface area contributed by atoms with E-state index >= 15 is 0 Å². The zero-order valence-corrected chi connectivity index (χ0v) is 14.1. The maximum atomic E-state index is 10.1. The number of rotatable bonds is 6. The van der Waals surface area contributed by atoms with Gasteiger partial charge in [0.2, 0.25) is 0 Å². The number of benzene rings is 2. The Labute approximate surface area is 135 Å². The van der Waals surface area contributed by atoms with Gasteiger partial charge in [0.15, 0.2) is 0 Å². The molecule has 2 N–H and O–H groups in total. The van der Waals surface area contributed by atoms with Crippen LogP contribution in [-0.4, -0.2) is 5.11 Å². The highest BCUT2D eigenvalue weighted by Gasteiger charge is 2.18. The predicted molar refractivity (Wildman–Crippen MR) is 91.4 cm³/mol. The van der Waals surface area contributed by atoms with Gasteiger partial charge in [-0.3, -0.25) is 0 Å². The summed E-state index contributed by atoms with van der Waals surface area (Å²) in [5.74, 6) is 0.348. The van der Waals surface area contributed by atoms with Gasteiger partial charge in [0.05, 0.1) is 0 Å². The first-order valence-corrected chi connectivity index (χ1v) is 8.24. The molecule has 0 aliphatic heterocycles. The van der Waals surface area contributed by atoms with Gasteiger partial charge in [-0.25, -0.2) is 0 Å². The van der Waals surface area contributed by atoms with Crippen molar-refractivity contribution in [2.75, 3.05) is 0 Å². The molecular weight excluding hydrogens is 326 g/mol. The van der Waals surface area contributed by atoms with Crippen LogP contribution in [-0.2, 0) is 0 Å². The Bertz CT molecular complexity index is 571. The fraction of sp³-hybridized carbons (Fsp3) is 0.333. The molecule has 2 aromatic rings. The highest BCUT2D eigenvalue weighted by Crippen LogP contribution is 2.31. The van der Waals surface area contributed by atoms with Crippen molar-refractivity contribution in [3.8, 4) is 5.75 Å². The number of nitrogens with one attached hydrogen (secondary N) is 1. The third kappa shape index (κ3) is 4.08. The molecule has 0 aliphatic carbocycles. The van der Waals surface area contributed by atoms with Gasteiger partial charge in [0.25, 0.3) is 0 Å². The van der Waals surface area contributed by atoms with Crippen LogP contribution in [0.3, 0.4) is 0 Å². The average molecular weight is 348 g/mol. The Morgan fingerprint density at radius 1 is 1.00 bits per heavy atom. The number of hydrogen-bond donors (Lipinski definition) is 2. The average Bonchev–Trinajstić information content (AvgIpc) is 2.52. The van der Waals surface area contributed by atoms with Crippen molar-refractivity contribution < 1.29 is 5.11 Å². The van der Waals surface area contributed by atoms with Crippen molar-refractivity contribution >= 4 is 15.9 Å². The van der Waals surface area contributed by atoms with Crippen LogP contribution in [0.4, 0.5) is 0 Å². The first-order valence-electron chi connectivity index (χ1n) is 7.45. The molecule has 0 amide bonds. The normalized spacial score (nSPS) is 13.9. The fourth-order valence-electron chi connectivity index (χ4n) is 2.61. The van der Waals surface area contributed by atoms with Gasteiger partial charge in [-0.05, 0) is 36.6 Å². The van der Waals surface area contributed by atoms with E-state index in [9.17, 15) is 5.11 Å². The third-order valence-electron chi connectivity index (χ3n) is 3.79. The molecule has 2 rings (SSSR count). The second kappa shape index (κ2) is 7.62. The summed E-state index contributed by atoms with van der Waals surface area (Å²) in [6.07, 6.45) is 1.93. The third-order valence-corrected chi connectivity index (χ3v) is 4.28. The minimum absolute atomic E-state index is 0.132. The van der Waals surface area contributed by atoms with Crippen LogP contribution in [0, 0.1) is 0 Å². The Morgan fingerprint density at radius 2 is 1.67 bits per heavy atom. The number of hydrogen-bond acceptors (Lipinski definition) is 2. The van der Waals surface area contributed by atoms with E-state index in [1.54, 1.807) is 6.07 Å². The van der Waals surface area contributed by atoms with Crippen LogP contribution < -0.4 is 5.32 Å². The molecule has 0 aliphatic rings. The maximum Gasteiger partial charge on any atom is 0.120 e. The van der Waals surface area contributed by atoms with E-state index in [1.165, 1.54) is 5.56 Å². The van der Waals surface area contributed by atoms with Gasteiger partial charge in [-0.15, -0.1) is 0 Å². The van der Waals surface area contributed by atoms with E-state index in [0.29, 0.717) is 5.75 Å². The number of phenols is 1. The van der Waals surface area contributed by atoms with Gasteiger partial charge in [0.1, 0.15) is 5.75 Å². The monoisotopic (exact) mass is 347 g/mol. The lowest BCUT2D eigenvalue weighted by atomic mass is 9.98. The minimum atomic E-state index is 0.132. The van der Waals surface area contributed by atoms with Crippen molar-refractivity contribution in [1.29, 1.82) is 0 Å². The summed E-state index contributed by atoms with van der Waals surface area (Å²) in [4.78, 5) is 0. The van der Waals surface area contributed by atoms with Crippen LogP contribution in [0.1, 0.15) is 49.9 Å². The fourth-order valence-corrected chi connectivity index (χ4v) is 2.99. The molecule has 112 valence electrons. The van der Waals surface area contributed by atoms with Crippen LogP contribution in [0.5, 0.6) is 5.75 Å². The molecule has 0 saturated heterocycles. The molecule has 2 atom stereocenters. The summed E-state index contributed by atoms with van der Waals surface area (Å²) in [5, 5.41) is 13.8. The first-order chi connectivity index (χ1) is 10.2. The zero-order valence-electron chi connectivity index (χ0n) is 12.5. The number of aromatic hydroxyl groups is 1. The molecule has 0 spiro atoms. The van der Waals surface area contributed by atoms with E-state index in [4.69, 9.17) is 0 Å². The summed E-state index contributed by atoms with van der Waals surface area (Å²) in [6.45, 7) is 4.31. The zero-order chi connectivity index (χ0) is 15.2. The summed E-state index contributed by atoms with van der Waals surface area (Å²) in [5.41, 5.74) is 2.23. The van der Waals surface area contributed by atoms with Gasteiger partial charge >= 0.3 is 0 Å². The Hall–Kier alpha value is -1.32. The lowest BCUT2D eigenvalue weighted by Crippen LogP contribution is -2.26. The summed E-state index contributed by atoms with van der Waals surface area (Å²) < 4.78 is 0.989. The Morgan fingerprint density at radius 3 is 2.29 bits per heavy atom. The molecule has 0 radical (unpaired) electrons. The van der Waals surface area contributed by atoms with E-state index in [1.807, 2.05) is 18.2 Å². The molecule has 3 heteroatoms. The first kappa shape index (κ1) is 16.1. The lowest BCUT2D eigenvalue weighted by Gasteiger charge is -2.25. The second-order valence-electron chi connectivity index (χ2n) is 5.20. The van der Waals surface area contributed by atoms with Crippen LogP contribution in [0.25, 0.3) is 0 Å². The topological polar surface area (TPSA) is 32.3 Å². The van der Waals surface area contributed by atoms with E-state index in [0.717, 1.165) is 22.9 Å². The highest BCUT2D eigenvalue weighted by molar-refractivity contribution is 9.10. The van der Waals surface area contributed by atoms with Gasteiger partial charge in [0, 0.05) is 22.1 Å². The number of phenolic OH excluding ortho intramolecular Hbond substituents is 1. The Kier molecular flexibility index (Phi) is 5.83. The summed E-state index contributed by atoms with van der Waals surface area (Å²) in [6, 6.07) is 16.5. The predicted octanol–water partition coefficient (Wildman–Crippen LogP) is 5.35. The molecule has 0 saturated carbocycles. The van der Waals surface area contributed by atoms with Crippen molar-refractivity contribution in [1.82, 2.24) is 5.32 Å². The molecule has 2 nitrogen and oxygen atoms in total. The molecule has 2 unspecified atom stereocenters. The van der Waals surface area contributed by atoms with Crippen molar-refractivity contribution in [2.24, 2.45) is 0 Å². The molecular formula is C18H22BrNO. The van der Waals surface area contributed by atoms with Crippen LogP contribution >= 0.6 is 15.9 Å². The quantitative estimate of drug-likeness (QED) is 0.738. The summed E-state index contributed by atoms with van der Waals surface area (Å²) >= 11 is 3.48. The smallest absolute Gasteiger partial charge is 0.120 e. The molecule has 21 heavy (non-hydrogen) atoms. The molecule has 2 aromatic carbocycles. The molecule has 0 aromatic heterocycles. The Balaban J connectivity index is 2.23. The standard InChI is InChI=1S/C18H22BrNO/c1-3-16(13-8-6-5-7-9-13)20-17(4-2)15-12-14(19)10-11-18(15)21/h5-12,16-17,20-21H,3-4H2,1-2H3. The highest BCUT2D eigenvalue weighted by atomic mass is 79.9. The molecule has 0 bridgehead atoms. The van der Waals surface area contributed by atoms with Gasteiger partial charge < -0.3 is 10.4 Å².